The number of carbonyl (C=O) groups is 1. The Hall–Kier alpha value is -2.03. The van der Waals surface area contributed by atoms with E-state index in [0.29, 0.717) is 16.5 Å². The van der Waals surface area contributed by atoms with Crippen molar-refractivity contribution in [3.63, 3.8) is 0 Å². The molecule has 1 N–H and O–H groups in total. The van der Waals surface area contributed by atoms with Gasteiger partial charge in [-0.1, -0.05) is 0 Å². The van der Waals surface area contributed by atoms with Crippen LogP contribution in [0.4, 0.5) is 4.79 Å². The average molecular weight is 369 g/mol. The lowest BCUT2D eigenvalue weighted by molar-refractivity contribution is 0.0505. The van der Waals surface area contributed by atoms with Crippen LogP contribution in [0.1, 0.15) is 39.6 Å². The number of alkyl carbamates (subject to hydrolysis) is 1. The van der Waals surface area contributed by atoms with Crippen LogP contribution >= 0.6 is 15.9 Å². The molecular formula is C13H17BrN6O2. The van der Waals surface area contributed by atoms with Crippen molar-refractivity contribution in [2.75, 3.05) is 0 Å². The second-order valence-electron chi connectivity index (χ2n) is 5.57. The molecule has 1 amide bonds. The van der Waals surface area contributed by atoms with E-state index in [2.05, 4.69) is 41.3 Å². The lowest BCUT2D eigenvalue weighted by Crippen LogP contribution is -2.35. The molecule has 0 bridgehead atoms. The highest BCUT2D eigenvalue weighted by Crippen LogP contribution is 2.17. The van der Waals surface area contributed by atoms with Crippen LogP contribution in [0.25, 0.3) is 5.95 Å². The largest absolute Gasteiger partial charge is 0.444 e. The quantitative estimate of drug-likeness (QED) is 0.893. The van der Waals surface area contributed by atoms with Crippen molar-refractivity contribution in [3.8, 4) is 5.95 Å². The Bertz CT molecular complexity index is 652. The molecule has 0 saturated carbocycles. The Morgan fingerprint density at radius 2 is 2.00 bits per heavy atom. The second-order valence-corrected chi connectivity index (χ2v) is 6.28. The predicted molar refractivity (Wildman–Crippen MR) is 82.4 cm³/mol. The van der Waals surface area contributed by atoms with Gasteiger partial charge < -0.3 is 10.1 Å². The summed E-state index contributed by atoms with van der Waals surface area (Å²) in [6.07, 6.45) is 2.68. The molecule has 2 aromatic rings. The Morgan fingerprint density at radius 3 is 2.59 bits per heavy atom. The molecule has 2 rings (SSSR count). The summed E-state index contributed by atoms with van der Waals surface area (Å²) < 4.78 is 7.08. The van der Waals surface area contributed by atoms with Crippen molar-refractivity contribution in [1.29, 1.82) is 0 Å². The first-order valence-electron chi connectivity index (χ1n) is 6.65. The number of nitrogens with one attached hydrogen (secondary N) is 1. The van der Waals surface area contributed by atoms with Gasteiger partial charge in [-0.15, -0.1) is 5.10 Å². The smallest absolute Gasteiger partial charge is 0.408 e. The molecule has 1 atom stereocenters. The third-order valence-corrected chi connectivity index (χ3v) is 2.80. The van der Waals surface area contributed by atoms with Gasteiger partial charge >= 0.3 is 6.09 Å². The van der Waals surface area contributed by atoms with E-state index in [1.807, 2.05) is 0 Å². The number of aromatic nitrogens is 5. The zero-order chi connectivity index (χ0) is 16.3. The molecule has 0 radical (unpaired) electrons. The van der Waals surface area contributed by atoms with Crippen LogP contribution in [-0.4, -0.2) is 36.4 Å². The average Bonchev–Trinajstić information content (AvgIpc) is 2.79. The van der Waals surface area contributed by atoms with Gasteiger partial charge in [-0.05, 0) is 49.7 Å². The molecule has 0 aliphatic rings. The van der Waals surface area contributed by atoms with Gasteiger partial charge in [0.1, 0.15) is 5.60 Å². The summed E-state index contributed by atoms with van der Waals surface area (Å²) in [4.78, 5) is 24.4. The van der Waals surface area contributed by atoms with E-state index in [4.69, 9.17) is 4.74 Å². The zero-order valence-corrected chi connectivity index (χ0v) is 14.3. The maximum absolute atomic E-state index is 11.9. The van der Waals surface area contributed by atoms with Crippen molar-refractivity contribution in [1.82, 2.24) is 30.0 Å². The molecule has 1 unspecified atom stereocenters. The SMILES string of the molecule is CC(NC(=O)OC(C)(C)C)c1nc(Br)nn1-c1ncccn1. The maximum atomic E-state index is 11.9. The highest BCUT2D eigenvalue weighted by molar-refractivity contribution is 9.10. The van der Waals surface area contributed by atoms with Crippen LogP contribution in [0, 0.1) is 0 Å². The summed E-state index contributed by atoms with van der Waals surface area (Å²) in [7, 11) is 0. The fraction of sp³-hybridized carbons (Fsp3) is 0.462. The first-order chi connectivity index (χ1) is 10.3. The van der Waals surface area contributed by atoms with E-state index >= 15 is 0 Å². The van der Waals surface area contributed by atoms with Gasteiger partial charge in [0.15, 0.2) is 5.82 Å². The summed E-state index contributed by atoms with van der Waals surface area (Å²) in [5.41, 5.74) is -0.569. The number of hydrogen-bond donors (Lipinski definition) is 1. The number of carbonyl (C=O) groups excluding carboxylic acids is 1. The van der Waals surface area contributed by atoms with Crippen LogP contribution in [0.5, 0.6) is 0 Å². The highest BCUT2D eigenvalue weighted by atomic mass is 79.9. The molecule has 0 aliphatic heterocycles. The van der Waals surface area contributed by atoms with E-state index < -0.39 is 17.7 Å². The monoisotopic (exact) mass is 368 g/mol. The van der Waals surface area contributed by atoms with Crippen molar-refractivity contribution in [2.45, 2.75) is 39.3 Å². The van der Waals surface area contributed by atoms with Crippen molar-refractivity contribution in [3.05, 3.63) is 29.0 Å². The third-order valence-electron chi connectivity index (χ3n) is 2.47. The van der Waals surface area contributed by atoms with Gasteiger partial charge in [0.2, 0.25) is 4.73 Å². The Labute approximate surface area is 136 Å². The van der Waals surface area contributed by atoms with Gasteiger partial charge in [-0.25, -0.2) is 19.7 Å². The minimum Gasteiger partial charge on any atom is -0.444 e. The molecule has 0 saturated heterocycles. The standard InChI is InChI=1S/C13H17BrN6O2/c1-8(17-12(21)22-13(2,3)4)9-18-10(14)19-20(9)11-15-6-5-7-16-11/h5-8H,1-4H3,(H,17,21). The van der Waals surface area contributed by atoms with Crippen LogP contribution in [0.2, 0.25) is 0 Å². The van der Waals surface area contributed by atoms with Crippen LogP contribution in [0.15, 0.2) is 23.2 Å². The van der Waals surface area contributed by atoms with Crippen molar-refractivity contribution >= 4 is 22.0 Å². The summed E-state index contributed by atoms with van der Waals surface area (Å²) in [5.74, 6) is 0.859. The summed E-state index contributed by atoms with van der Waals surface area (Å²) in [5, 5.41) is 6.90. The van der Waals surface area contributed by atoms with Gasteiger partial charge in [0, 0.05) is 12.4 Å². The highest BCUT2D eigenvalue weighted by Gasteiger charge is 2.23. The molecule has 0 aliphatic carbocycles. The molecule has 9 heteroatoms. The third kappa shape index (κ3) is 4.23. The van der Waals surface area contributed by atoms with E-state index in [1.54, 1.807) is 46.2 Å². The fourth-order valence-electron chi connectivity index (χ4n) is 1.67. The predicted octanol–water partition coefficient (Wildman–Crippen LogP) is 2.41. The number of amides is 1. The topological polar surface area (TPSA) is 94.8 Å². The molecule has 8 nitrogen and oxygen atoms in total. The minimum absolute atomic E-state index is 0.369. The fourth-order valence-corrected chi connectivity index (χ4v) is 2.02. The minimum atomic E-state index is -0.569. The van der Waals surface area contributed by atoms with E-state index in [1.165, 1.54) is 4.68 Å². The number of halogens is 1. The molecule has 2 heterocycles. The molecule has 2 aromatic heterocycles. The summed E-state index contributed by atoms with van der Waals surface area (Å²) in [6, 6.07) is 1.27. The van der Waals surface area contributed by atoms with Gasteiger partial charge in [-0.3, -0.25) is 0 Å². The summed E-state index contributed by atoms with van der Waals surface area (Å²) in [6.45, 7) is 7.18. The van der Waals surface area contributed by atoms with Gasteiger partial charge in [0.05, 0.1) is 6.04 Å². The van der Waals surface area contributed by atoms with E-state index in [9.17, 15) is 4.79 Å². The number of rotatable bonds is 3. The van der Waals surface area contributed by atoms with Gasteiger partial charge in [0.25, 0.3) is 5.95 Å². The molecular weight excluding hydrogens is 352 g/mol. The Balaban J connectivity index is 2.20. The van der Waals surface area contributed by atoms with Crippen LogP contribution < -0.4 is 5.32 Å². The first kappa shape index (κ1) is 16.3. The van der Waals surface area contributed by atoms with Crippen molar-refractivity contribution < 1.29 is 9.53 Å². The molecule has 0 fully saturated rings. The number of hydrogen-bond acceptors (Lipinski definition) is 6. The Morgan fingerprint density at radius 1 is 1.36 bits per heavy atom. The molecule has 118 valence electrons. The second kappa shape index (κ2) is 6.39. The zero-order valence-electron chi connectivity index (χ0n) is 12.7. The van der Waals surface area contributed by atoms with E-state index in [-0.39, 0.29) is 0 Å². The van der Waals surface area contributed by atoms with E-state index in [0.717, 1.165) is 0 Å². The van der Waals surface area contributed by atoms with Crippen molar-refractivity contribution in [2.24, 2.45) is 0 Å². The lowest BCUT2D eigenvalue weighted by Gasteiger charge is -2.21. The Kier molecular flexibility index (Phi) is 4.74. The van der Waals surface area contributed by atoms with Crippen LogP contribution in [-0.2, 0) is 4.74 Å². The number of ether oxygens (including phenoxy) is 1. The lowest BCUT2D eigenvalue weighted by atomic mass is 10.2. The normalized spacial score (nSPS) is 12.8. The first-order valence-corrected chi connectivity index (χ1v) is 7.45. The molecule has 0 aromatic carbocycles. The maximum Gasteiger partial charge on any atom is 0.408 e. The number of nitrogens with zero attached hydrogens (tertiary/aromatic N) is 5. The summed E-state index contributed by atoms with van der Waals surface area (Å²) >= 11 is 3.22. The van der Waals surface area contributed by atoms with Crippen LogP contribution in [0.3, 0.4) is 0 Å². The molecule has 0 spiro atoms. The molecule has 22 heavy (non-hydrogen) atoms. The van der Waals surface area contributed by atoms with Gasteiger partial charge in [-0.2, -0.15) is 4.68 Å².